The Morgan fingerprint density at radius 2 is 1.79 bits per heavy atom. The van der Waals surface area contributed by atoms with E-state index in [4.69, 9.17) is 0 Å². The average Bonchev–Trinajstić information content (AvgIpc) is 3.03. The minimum Gasteiger partial charge on any atom is -0.348 e. The van der Waals surface area contributed by atoms with E-state index < -0.39 is 6.04 Å². The molecule has 2 rings (SSSR count). The van der Waals surface area contributed by atoms with Crippen molar-refractivity contribution in [2.75, 3.05) is 6.54 Å². The topological polar surface area (TPSA) is 49.4 Å². The number of halogens is 1. The van der Waals surface area contributed by atoms with Crippen LogP contribution >= 0.6 is 0 Å². The molecule has 0 aliphatic carbocycles. The van der Waals surface area contributed by atoms with Gasteiger partial charge in [0.05, 0.1) is 6.04 Å². The van der Waals surface area contributed by atoms with Crippen molar-refractivity contribution in [2.24, 2.45) is 11.8 Å². The first kappa shape index (κ1) is 18.4. The van der Waals surface area contributed by atoms with E-state index in [2.05, 4.69) is 5.32 Å². The second kappa shape index (κ2) is 7.77. The molecule has 1 N–H and O–H groups in total. The number of carbonyl (C=O) groups is 2. The first-order chi connectivity index (χ1) is 11.3. The highest BCUT2D eigenvalue weighted by Crippen LogP contribution is 2.24. The lowest BCUT2D eigenvalue weighted by molar-refractivity contribution is -0.142. The van der Waals surface area contributed by atoms with Crippen LogP contribution in [-0.2, 0) is 9.59 Å². The molecule has 1 fully saturated rings. The van der Waals surface area contributed by atoms with Crippen molar-refractivity contribution in [3.05, 3.63) is 35.6 Å². The summed E-state index contributed by atoms with van der Waals surface area (Å²) in [6.07, 6.45) is 1.54. The van der Waals surface area contributed by atoms with Gasteiger partial charge in [-0.15, -0.1) is 0 Å². The molecule has 0 aromatic heterocycles. The largest absolute Gasteiger partial charge is 0.348 e. The molecule has 132 valence electrons. The molecule has 4 nitrogen and oxygen atoms in total. The van der Waals surface area contributed by atoms with Gasteiger partial charge in [0.1, 0.15) is 11.9 Å². The van der Waals surface area contributed by atoms with Crippen molar-refractivity contribution in [2.45, 2.75) is 52.6 Å². The van der Waals surface area contributed by atoms with Gasteiger partial charge >= 0.3 is 0 Å². The van der Waals surface area contributed by atoms with Gasteiger partial charge in [-0.1, -0.05) is 32.9 Å². The van der Waals surface area contributed by atoms with Gasteiger partial charge in [0.25, 0.3) is 0 Å². The molecule has 5 heteroatoms. The highest BCUT2D eigenvalue weighted by Gasteiger charge is 2.36. The maximum Gasteiger partial charge on any atom is 0.243 e. The van der Waals surface area contributed by atoms with Crippen LogP contribution in [0.1, 0.15) is 52.1 Å². The molecule has 0 radical (unpaired) electrons. The predicted octanol–water partition coefficient (Wildman–Crippen LogP) is 3.29. The zero-order chi connectivity index (χ0) is 17.9. The Kier molecular flexibility index (Phi) is 5.97. The summed E-state index contributed by atoms with van der Waals surface area (Å²) in [4.78, 5) is 26.9. The molecule has 0 saturated carbocycles. The van der Waals surface area contributed by atoms with Crippen LogP contribution in [0, 0.1) is 17.7 Å². The van der Waals surface area contributed by atoms with Crippen molar-refractivity contribution in [1.82, 2.24) is 10.2 Å². The van der Waals surface area contributed by atoms with E-state index in [-0.39, 0.29) is 35.5 Å². The van der Waals surface area contributed by atoms with Crippen molar-refractivity contribution in [1.29, 1.82) is 0 Å². The number of likely N-dealkylation sites (tertiary alicyclic amines) is 1. The average molecular weight is 334 g/mol. The highest BCUT2D eigenvalue weighted by molar-refractivity contribution is 5.89. The number of amides is 2. The lowest BCUT2D eigenvalue weighted by Gasteiger charge is -2.29. The van der Waals surface area contributed by atoms with Gasteiger partial charge in [-0.05, 0) is 43.4 Å². The second-order valence-corrected chi connectivity index (χ2v) is 7.00. The zero-order valence-electron chi connectivity index (χ0n) is 14.9. The molecular weight excluding hydrogens is 307 g/mol. The Morgan fingerprint density at radius 1 is 1.17 bits per heavy atom. The molecule has 0 spiro atoms. The fourth-order valence-electron chi connectivity index (χ4n) is 2.99. The quantitative estimate of drug-likeness (QED) is 0.898. The van der Waals surface area contributed by atoms with Crippen molar-refractivity contribution >= 4 is 11.8 Å². The third-order valence-corrected chi connectivity index (χ3v) is 4.96. The minimum absolute atomic E-state index is 0.0529. The summed E-state index contributed by atoms with van der Waals surface area (Å²) in [7, 11) is 0. The summed E-state index contributed by atoms with van der Waals surface area (Å²) in [5.74, 6) is -0.217. The molecule has 1 saturated heterocycles. The molecule has 24 heavy (non-hydrogen) atoms. The molecule has 3 atom stereocenters. The van der Waals surface area contributed by atoms with Gasteiger partial charge in [0.15, 0.2) is 0 Å². The summed E-state index contributed by atoms with van der Waals surface area (Å²) in [5, 5.41) is 2.96. The van der Waals surface area contributed by atoms with E-state index in [0.717, 1.165) is 12.0 Å². The van der Waals surface area contributed by atoms with Crippen molar-refractivity contribution < 1.29 is 14.0 Å². The lowest BCUT2D eigenvalue weighted by Crippen LogP contribution is -2.48. The maximum absolute atomic E-state index is 13.0. The molecule has 0 bridgehead atoms. The number of nitrogens with zero attached hydrogens (tertiary/aromatic N) is 1. The monoisotopic (exact) mass is 334 g/mol. The summed E-state index contributed by atoms with van der Waals surface area (Å²) >= 11 is 0. The summed E-state index contributed by atoms with van der Waals surface area (Å²) < 4.78 is 13.0. The summed E-state index contributed by atoms with van der Waals surface area (Å²) in [5.41, 5.74) is 0.844. The van der Waals surface area contributed by atoms with Gasteiger partial charge in [0.2, 0.25) is 11.8 Å². The van der Waals surface area contributed by atoms with Gasteiger partial charge in [-0.2, -0.15) is 0 Å². The number of benzene rings is 1. The molecular formula is C19H27FN2O2. The highest BCUT2D eigenvalue weighted by atomic mass is 19.1. The third kappa shape index (κ3) is 4.13. The fraction of sp³-hybridized carbons (Fsp3) is 0.579. The van der Waals surface area contributed by atoms with Crippen LogP contribution in [0.3, 0.4) is 0 Å². The van der Waals surface area contributed by atoms with E-state index >= 15 is 0 Å². The molecule has 1 aromatic rings. The molecule has 1 aliphatic rings. The van der Waals surface area contributed by atoms with E-state index in [1.807, 2.05) is 27.7 Å². The van der Waals surface area contributed by atoms with Crippen LogP contribution in [0.5, 0.6) is 0 Å². The van der Waals surface area contributed by atoms with E-state index in [0.29, 0.717) is 13.0 Å². The Hall–Kier alpha value is -1.91. The van der Waals surface area contributed by atoms with Gasteiger partial charge < -0.3 is 10.2 Å². The second-order valence-electron chi connectivity index (χ2n) is 7.00. The molecule has 1 aromatic carbocycles. The summed E-state index contributed by atoms with van der Waals surface area (Å²) in [6.45, 7) is 8.46. The van der Waals surface area contributed by atoms with Crippen LogP contribution in [0.15, 0.2) is 24.3 Å². The van der Waals surface area contributed by atoms with Crippen LogP contribution in [0.25, 0.3) is 0 Å². The summed E-state index contributed by atoms with van der Waals surface area (Å²) in [6, 6.07) is 5.47. The standard InChI is InChI=1S/C19H27FN2O2/c1-12(2)13(3)19(24)22-11-5-6-17(22)18(23)21-14(4)15-7-9-16(20)10-8-15/h7-10,12-14,17H,5-6,11H2,1-4H3,(H,21,23). The van der Waals surface area contributed by atoms with Crippen LogP contribution in [-0.4, -0.2) is 29.3 Å². The van der Waals surface area contributed by atoms with E-state index in [1.165, 1.54) is 12.1 Å². The maximum atomic E-state index is 13.0. The molecule has 1 heterocycles. The Morgan fingerprint density at radius 3 is 2.38 bits per heavy atom. The van der Waals surface area contributed by atoms with Crippen LogP contribution in [0.2, 0.25) is 0 Å². The number of nitrogens with one attached hydrogen (secondary N) is 1. The molecule has 1 aliphatic heterocycles. The number of carbonyl (C=O) groups excluding carboxylic acids is 2. The van der Waals surface area contributed by atoms with Crippen LogP contribution in [0.4, 0.5) is 4.39 Å². The van der Waals surface area contributed by atoms with Gasteiger partial charge in [-0.3, -0.25) is 9.59 Å². The Labute approximate surface area is 143 Å². The Balaban J connectivity index is 2.02. The molecule has 2 amide bonds. The minimum atomic E-state index is -0.401. The van der Waals surface area contributed by atoms with Crippen LogP contribution < -0.4 is 5.32 Å². The van der Waals surface area contributed by atoms with E-state index in [1.54, 1.807) is 17.0 Å². The first-order valence-electron chi connectivity index (χ1n) is 8.67. The number of hydrogen-bond acceptors (Lipinski definition) is 2. The van der Waals surface area contributed by atoms with Crippen molar-refractivity contribution in [3.63, 3.8) is 0 Å². The predicted molar refractivity (Wildman–Crippen MR) is 91.7 cm³/mol. The Bertz CT molecular complexity index is 586. The third-order valence-electron chi connectivity index (χ3n) is 4.96. The SMILES string of the molecule is CC(NC(=O)C1CCCN1C(=O)C(C)C(C)C)c1ccc(F)cc1. The fourth-order valence-corrected chi connectivity index (χ4v) is 2.99. The van der Waals surface area contributed by atoms with E-state index in [9.17, 15) is 14.0 Å². The number of hydrogen-bond donors (Lipinski definition) is 1. The lowest BCUT2D eigenvalue weighted by atomic mass is 9.96. The van der Waals surface area contributed by atoms with Crippen molar-refractivity contribution in [3.8, 4) is 0 Å². The zero-order valence-corrected chi connectivity index (χ0v) is 14.9. The molecule has 3 unspecified atom stereocenters. The smallest absolute Gasteiger partial charge is 0.243 e. The number of rotatable bonds is 5. The first-order valence-corrected chi connectivity index (χ1v) is 8.67. The van der Waals surface area contributed by atoms with Gasteiger partial charge in [0, 0.05) is 12.5 Å². The van der Waals surface area contributed by atoms with Gasteiger partial charge in [-0.25, -0.2) is 4.39 Å². The normalized spacial score (nSPS) is 20.1.